The molecule has 0 bridgehead atoms. The number of nitrogens with two attached hydrogens (primary N) is 1. The summed E-state index contributed by atoms with van der Waals surface area (Å²) < 4.78 is 1.79. The van der Waals surface area contributed by atoms with E-state index in [0.29, 0.717) is 30.3 Å². The van der Waals surface area contributed by atoms with Crippen molar-refractivity contribution in [1.29, 1.82) is 0 Å². The van der Waals surface area contributed by atoms with Gasteiger partial charge >= 0.3 is 0 Å². The molecule has 0 radical (unpaired) electrons. The fraction of sp³-hybridized carbons (Fsp3) is 0.320. The highest BCUT2D eigenvalue weighted by Crippen LogP contribution is 2.22. The maximum absolute atomic E-state index is 12.6. The fourth-order valence-corrected chi connectivity index (χ4v) is 3.15. The van der Waals surface area contributed by atoms with Crippen LogP contribution in [0.15, 0.2) is 59.7 Å². The smallest absolute Gasteiger partial charge is 0.254 e. The molecular formula is C25H32N8O. The van der Waals surface area contributed by atoms with Gasteiger partial charge in [-0.05, 0) is 57.9 Å². The lowest BCUT2D eigenvalue weighted by Gasteiger charge is -2.18. The molecule has 1 aromatic carbocycles. The molecule has 0 unspecified atom stereocenters. The molecule has 0 atom stereocenters. The fourth-order valence-electron chi connectivity index (χ4n) is 3.15. The van der Waals surface area contributed by atoms with Gasteiger partial charge in [-0.15, -0.1) is 0 Å². The Morgan fingerprint density at radius 3 is 2.71 bits per heavy atom. The Bertz CT molecular complexity index is 1200. The summed E-state index contributed by atoms with van der Waals surface area (Å²) in [5.74, 6) is 0.280. The van der Waals surface area contributed by atoms with Gasteiger partial charge in [0.1, 0.15) is 0 Å². The zero-order valence-corrected chi connectivity index (χ0v) is 20.3. The van der Waals surface area contributed by atoms with Crippen molar-refractivity contribution in [2.45, 2.75) is 46.7 Å². The molecular weight excluding hydrogens is 428 g/mol. The summed E-state index contributed by atoms with van der Waals surface area (Å²) in [6.07, 6.45) is 8.13. The molecule has 34 heavy (non-hydrogen) atoms. The van der Waals surface area contributed by atoms with Gasteiger partial charge in [0, 0.05) is 43.5 Å². The summed E-state index contributed by atoms with van der Waals surface area (Å²) in [4.78, 5) is 25.6. The van der Waals surface area contributed by atoms with Crippen LogP contribution in [0.3, 0.4) is 0 Å². The summed E-state index contributed by atoms with van der Waals surface area (Å²) >= 11 is 0. The molecule has 0 aliphatic rings. The number of carbonyl (C=O) groups is 1. The van der Waals surface area contributed by atoms with E-state index in [0.717, 1.165) is 22.4 Å². The van der Waals surface area contributed by atoms with Gasteiger partial charge < -0.3 is 16.4 Å². The van der Waals surface area contributed by atoms with Crippen LogP contribution in [0.25, 0.3) is 11.3 Å². The monoisotopic (exact) mass is 460 g/mol. The Morgan fingerprint density at radius 1 is 1.26 bits per heavy atom. The normalized spacial score (nSPS) is 12.2. The molecule has 0 saturated heterocycles. The first-order valence-corrected chi connectivity index (χ1v) is 11.2. The molecule has 3 rings (SSSR count). The van der Waals surface area contributed by atoms with Gasteiger partial charge in [0.15, 0.2) is 0 Å². The second-order valence-corrected chi connectivity index (χ2v) is 8.81. The van der Waals surface area contributed by atoms with Gasteiger partial charge in [-0.3, -0.25) is 14.5 Å². The van der Waals surface area contributed by atoms with E-state index in [1.165, 1.54) is 6.20 Å². The molecule has 0 saturated carbocycles. The zero-order chi connectivity index (χ0) is 24.7. The molecule has 0 fully saturated rings. The van der Waals surface area contributed by atoms with Crippen LogP contribution in [0.2, 0.25) is 0 Å². The van der Waals surface area contributed by atoms with Gasteiger partial charge in [0.05, 0.1) is 28.7 Å². The largest absolute Gasteiger partial charge is 0.403 e. The number of carbonyl (C=O) groups excluding carboxylic acids is 1. The zero-order valence-electron chi connectivity index (χ0n) is 20.3. The highest BCUT2D eigenvalue weighted by atomic mass is 16.1. The second kappa shape index (κ2) is 10.7. The average Bonchev–Trinajstić information content (AvgIpc) is 3.32. The first kappa shape index (κ1) is 24.6. The highest BCUT2D eigenvalue weighted by Gasteiger charge is 2.17. The number of aliphatic imine (C=N–C) groups is 1. The number of amides is 1. The van der Waals surface area contributed by atoms with Crippen LogP contribution < -0.4 is 16.4 Å². The van der Waals surface area contributed by atoms with Crippen LogP contribution in [0, 0.1) is 6.92 Å². The molecule has 9 nitrogen and oxygen atoms in total. The molecule has 178 valence electrons. The standard InChI is InChI=1S/C25H32N8O/c1-6-27-15-21(12-26)31-24-28-10-9-22(32-24)18-7-8-19(17(2)11-18)13-29-23(34)20-14-30-33(16-20)25(3,4)5/h7-12,14-16H,6,13,26H2,1-5H3,(H,29,34)(H,28,31,32). The van der Waals surface area contributed by atoms with Crippen LogP contribution >= 0.6 is 0 Å². The van der Waals surface area contributed by atoms with Crippen molar-refractivity contribution < 1.29 is 4.79 Å². The quantitative estimate of drug-likeness (QED) is 0.441. The van der Waals surface area contributed by atoms with E-state index in [2.05, 4.69) is 30.7 Å². The Kier molecular flexibility index (Phi) is 7.78. The topological polar surface area (TPSA) is 123 Å². The van der Waals surface area contributed by atoms with E-state index in [1.54, 1.807) is 29.5 Å². The van der Waals surface area contributed by atoms with Crippen LogP contribution in [-0.2, 0) is 12.1 Å². The van der Waals surface area contributed by atoms with Crippen molar-refractivity contribution in [3.63, 3.8) is 0 Å². The van der Waals surface area contributed by atoms with Crippen molar-refractivity contribution >= 4 is 18.1 Å². The van der Waals surface area contributed by atoms with Gasteiger partial charge in [-0.2, -0.15) is 5.10 Å². The molecule has 4 N–H and O–H groups in total. The third kappa shape index (κ3) is 6.28. The number of nitrogens with one attached hydrogen (secondary N) is 2. The van der Waals surface area contributed by atoms with Gasteiger partial charge in [0.2, 0.25) is 5.95 Å². The lowest BCUT2D eigenvalue weighted by molar-refractivity contribution is 0.0950. The van der Waals surface area contributed by atoms with Crippen molar-refractivity contribution in [2.24, 2.45) is 10.7 Å². The number of anilines is 1. The predicted octanol–water partition coefficient (Wildman–Crippen LogP) is 3.64. The Morgan fingerprint density at radius 2 is 2.06 bits per heavy atom. The first-order valence-electron chi connectivity index (χ1n) is 11.2. The van der Waals surface area contributed by atoms with Crippen LogP contribution in [-0.4, -0.2) is 38.4 Å². The molecule has 2 heterocycles. The lowest BCUT2D eigenvalue weighted by Crippen LogP contribution is -2.24. The van der Waals surface area contributed by atoms with Gasteiger partial charge in [-0.1, -0.05) is 12.1 Å². The van der Waals surface area contributed by atoms with Gasteiger partial charge in [0.25, 0.3) is 5.91 Å². The van der Waals surface area contributed by atoms with Crippen LogP contribution in [0.5, 0.6) is 0 Å². The summed E-state index contributed by atoms with van der Waals surface area (Å²) in [6, 6.07) is 7.87. The van der Waals surface area contributed by atoms with E-state index in [-0.39, 0.29) is 11.4 Å². The van der Waals surface area contributed by atoms with Crippen molar-refractivity contribution in [2.75, 3.05) is 11.9 Å². The summed E-state index contributed by atoms with van der Waals surface area (Å²) in [5, 5.41) is 10.3. The SMILES string of the molecule is CCN=CC(=CN)Nc1nccc(-c2ccc(CNC(=O)c3cnn(C(C)(C)C)c3)c(C)c2)n1. The number of hydrogen-bond donors (Lipinski definition) is 3. The number of aryl methyl sites for hydroxylation is 1. The maximum Gasteiger partial charge on any atom is 0.254 e. The minimum Gasteiger partial charge on any atom is -0.403 e. The minimum atomic E-state index is -0.174. The first-order chi connectivity index (χ1) is 16.2. The molecule has 0 spiro atoms. The van der Waals surface area contributed by atoms with E-state index >= 15 is 0 Å². The Balaban J connectivity index is 1.69. The lowest BCUT2D eigenvalue weighted by atomic mass is 10.0. The number of nitrogens with zero attached hydrogens (tertiary/aromatic N) is 5. The third-order valence-corrected chi connectivity index (χ3v) is 5.11. The van der Waals surface area contributed by atoms with E-state index in [4.69, 9.17) is 5.73 Å². The summed E-state index contributed by atoms with van der Waals surface area (Å²) in [5.41, 5.74) is 10.4. The molecule has 2 aromatic heterocycles. The minimum absolute atomic E-state index is 0.152. The molecule has 9 heteroatoms. The predicted molar refractivity (Wildman–Crippen MR) is 136 cm³/mol. The summed E-state index contributed by atoms with van der Waals surface area (Å²) in [6.45, 7) is 11.2. The molecule has 1 amide bonds. The Hall–Kier alpha value is -4.01. The molecule has 0 aliphatic heterocycles. The van der Waals surface area contributed by atoms with Crippen LogP contribution in [0.4, 0.5) is 5.95 Å². The van der Waals surface area contributed by atoms with E-state index in [1.807, 2.05) is 58.9 Å². The van der Waals surface area contributed by atoms with E-state index < -0.39 is 0 Å². The van der Waals surface area contributed by atoms with Gasteiger partial charge in [-0.25, -0.2) is 9.97 Å². The third-order valence-electron chi connectivity index (χ3n) is 5.11. The van der Waals surface area contributed by atoms with Crippen molar-refractivity contribution in [3.8, 4) is 11.3 Å². The number of hydrogen-bond acceptors (Lipinski definition) is 7. The number of rotatable bonds is 8. The Labute approximate surface area is 200 Å². The molecule has 3 aromatic rings. The average molecular weight is 461 g/mol. The van der Waals surface area contributed by atoms with Crippen molar-refractivity contribution in [3.05, 3.63) is 71.4 Å². The molecule has 0 aliphatic carbocycles. The number of benzene rings is 1. The maximum atomic E-state index is 12.6. The summed E-state index contributed by atoms with van der Waals surface area (Å²) in [7, 11) is 0. The van der Waals surface area contributed by atoms with Crippen LogP contribution in [0.1, 0.15) is 49.2 Å². The second-order valence-electron chi connectivity index (χ2n) is 8.81. The number of aromatic nitrogens is 4. The van der Waals surface area contributed by atoms with Crippen molar-refractivity contribution in [1.82, 2.24) is 25.1 Å². The highest BCUT2D eigenvalue weighted by molar-refractivity contribution is 5.93. The number of allylic oxidation sites excluding steroid dienone is 1. The van der Waals surface area contributed by atoms with E-state index in [9.17, 15) is 4.79 Å².